The predicted molar refractivity (Wildman–Crippen MR) is 128 cm³/mol. The lowest BCUT2D eigenvalue weighted by Gasteiger charge is -2.17. The summed E-state index contributed by atoms with van der Waals surface area (Å²) in [6.07, 6.45) is -0.130. The molecule has 0 aliphatic carbocycles. The Morgan fingerprint density at radius 3 is 2.35 bits per heavy atom. The monoisotopic (exact) mass is 511 g/mol. The fraction of sp³-hybridized carbons (Fsp3) is 0.348. The van der Waals surface area contributed by atoms with E-state index in [1.807, 2.05) is 6.92 Å². The quantitative estimate of drug-likeness (QED) is 0.256. The number of amides is 2. The van der Waals surface area contributed by atoms with Gasteiger partial charge in [0.2, 0.25) is 5.91 Å². The molecule has 11 heteroatoms. The first-order chi connectivity index (χ1) is 16.1. The molecule has 0 fully saturated rings. The summed E-state index contributed by atoms with van der Waals surface area (Å²) in [6.45, 7) is 2.11. The number of carbonyl (C=O) groups excluding carboxylic acids is 2. The van der Waals surface area contributed by atoms with Gasteiger partial charge in [0.25, 0.3) is 5.91 Å². The first kappa shape index (κ1) is 27.4. The van der Waals surface area contributed by atoms with Crippen molar-refractivity contribution in [1.82, 2.24) is 16.0 Å². The number of halogens is 2. The van der Waals surface area contributed by atoms with E-state index in [0.717, 1.165) is 0 Å². The third-order valence-corrected chi connectivity index (χ3v) is 5.53. The number of aliphatic carboxylic acids is 1. The zero-order valence-electron chi connectivity index (χ0n) is 18.5. The molecule has 0 heterocycles. The van der Waals surface area contributed by atoms with Gasteiger partial charge < -0.3 is 31.3 Å². The highest BCUT2D eigenvalue weighted by Crippen LogP contribution is 2.29. The van der Waals surface area contributed by atoms with Crippen LogP contribution in [0.2, 0.25) is 10.0 Å². The van der Waals surface area contributed by atoms with Crippen LogP contribution in [0.5, 0.6) is 5.75 Å². The highest BCUT2D eigenvalue weighted by atomic mass is 35.5. The van der Waals surface area contributed by atoms with Gasteiger partial charge >= 0.3 is 5.97 Å². The van der Waals surface area contributed by atoms with Crippen LogP contribution in [0, 0.1) is 0 Å². The van der Waals surface area contributed by atoms with Gasteiger partial charge in [-0.05, 0) is 54.8 Å². The van der Waals surface area contributed by atoms with E-state index in [2.05, 4.69) is 16.0 Å². The van der Waals surface area contributed by atoms with Crippen LogP contribution in [0.3, 0.4) is 0 Å². The van der Waals surface area contributed by atoms with Gasteiger partial charge in [0.05, 0.1) is 28.3 Å². The number of benzene rings is 2. The van der Waals surface area contributed by atoms with Gasteiger partial charge in [-0.25, -0.2) is 4.79 Å². The normalized spacial score (nSPS) is 12.6. The van der Waals surface area contributed by atoms with Crippen molar-refractivity contribution in [2.75, 3.05) is 19.6 Å². The Labute approximate surface area is 207 Å². The molecule has 34 heavy (non-hydrogen) atoms. The third kappa shape index (κ3) is 8.18. The number of likely N-dealkylation sites (N-methyl/N-ethyl adjacent to an activating group) is 1. The number of carboxylic acids is 1. The summed E-state index contributed by atoms with van der Waals surface area (Å²) in [7, 11) is 0. The molecule has 0 spiro atoms. The number of hydrogen-bond donors (Lipinski definition) is 6. The number of hydrogen-bond acceptors (Lipinski definition) is 6. The van der Waals surface area contributed by atoms with Crippen molar-refractivity contribution < 1.29 is 29.7 Å². The number of rotatable bonds is 12. The number of phenolic OH excluding ortho intramolecular Hbond substituents is 1. The van der Waals surface area contributed by atoms with Crippen LogP contribution >= 0.6 is 23.2 Å². The maximum Gasteiger partial charge on any atom is 0.328 e. The van der Waals surface area contributed by atoms with Crippen molar-refractivity contribution in [3.63, 3.8) is 0 Å². The van der Waals surface area contributed by atoms with Crippen molar-refractivity contribution in [3.8, 4) is 5.75 Å². The molecule has 184 valence electrons. The zero-order chi connectivity index (χ0) is 25.3. The minimum atomic E-state index is -1.39. The number of phenols is 1. The zero-order valence-corrected chi connectivity index (χ0v) is 20.0. The average Bonchev–Trinajstić information content (AvgIpc) is 2.78. The standard InChI is InChI=1S/C23H27Cl2N3O6/c1-2-26-12-20(31)27-11-18(23(33)34)28-22(32)21-16(24)8-13(9-17(21)25)6-7-19(30)14-4-3-5-15(29)10-14/h3-5,8-10,18-19,26,29-30H,2,6-7,11-12H2,1H3,(H,27,31)(H,28,32)(H,33,34)/t18-,19?/m0/s1. The molecule has 0 aromatic heterocycles. The third-order valence-electron chi connectivity index (χ3n) is 4.93. The van der Waals surface area contributed by atoms with Gasteiger partial charge in [0.15, 0.2) is 0 Å². The fourth-order valence-electron chi connectivity index (χ4n) is 3.14. The first-order valence-corrected chi connectivity index (χ1v) is 11.3. The smallest absolute Gasteiger partial charge is 0.328 e. The number of carbonyl (C=O) groups is 3. The van der Waals surface area contributed by atoms with Crippen LogP contribution in [0.4, 0.5) is 0 Å². The molecule has 9 nitrogen and oxygen atoms in total. The molecule has 0 radical (unpaired) electrons. The van der Waals surface area contributed by atoms with Crippen molar-refractivity contribution in [1.29, 1.82) is 0 Å². The summed E-state index contributed by atoms with van der Waals surface area (Å²) >= 11 is 12.5. The van der Waals surface area contributed by atoms with Crippen molar-refractivity contribution in [2.45, 2.75) is 31.9 Å². The number of nitrogens with one attached hydrogen (secondary N) is 3. The highest BCUT2D eigenvalue weighted by Gasteiger charge is 2.24. The Bertz CT molecular complexity index is 1010. The maximum atomic E-state index is 12.7. The molecule has 0 aliphatic rings. The van der Waals surface area contributed by atoms with Gasteiger partial charge in [0, 0.05) is 6.54 Å². The van der Waals surface area contributed by atoms with E-state index in [1.165, 1.54) is 24.3 Å². The van der Waals surface area contributed by atoms with Crippen molar-refractivity contribution >= 4 is 41.0 Å². The van der Waals surface area contributed by atoms with E-state index in [0.29, 0.717) is 30.5 Å². The van der Waals surface area contributed by atoms with Gasteiger partial charge in [-0.3, -0.25) is 9.59 Å². The molecule has 2 amide bonds. The van der Waals surface area contributed by atoms with Crippen molar-refractivity contribution in [3.05, 3.63) is 63.1 Å². The topological polar surface area (TPSA) is 148 Å². The van der Waals surface area contributed by atoms with Gasteiger partial charge in [-0.1, -0.05) is 42.3 Å². The van der Waals surface area contributed by atoms with Crippen LogP contribution < -0.4 is 16.0 Å². The largest absolute Gasteiger partial charge is 0.508 e. The van der Waals surface area contributed by atoms with Crippen LogP contribution in [0.25, 0.3) is 0 Å². The molecule has 0 saturated carbocycles. The molecule has 2 rings (SSSR count). The van der Waals surface area contributed by atoms with Crippen LogP contribution in [-0.2, 0) is 16.0 Å². The van der Waals surface area contributed by atoms with Crippen LogP contribution in [0.15, 0.2) is 36.4 Å². The minimum Gasteiger partial charge on any atom is -0.508 e. The van der Waals surface area contributed by atoms with E-state index in [1.54, 1.807) is 12.1 Å². The fourth-order valence-corrected chi connectivity index (χ4v) is 3.84. The van der Waals surface area contributed by atoms with E-state index in [-0.39, 0.29) is 34.4 Å². The molecule has 0 bridgehead atoms. The lowest BCUT2D eigenvalue weighted by molar-refractivity contribution is -0.139. The Kier molecular flexibility index (Phi) is 10.6. The number of aliphatic hydroxyl groups is 1. The lowest BCUT2D eigenvalue weighted by atomic mass is 10.00. The Morgan fingerprint density at radius 2 is 1.76 bits per heavy atom. The van der Waals surface area contributed by atoms with Crippen LogP contribution in [-0.4, -0.2) is 58.8 Å². The Morgan fingerprint density at radius 1 is 1.09 bits per heavy atom. The van der Waals surface area contributed by atoms with E-state index >= 15 is 0 Å². The maximum absolute atomic E-state index is 12.7. The molecule has 2 atom stereocenters. The predicted octanol–water partition coefficient (Wildman–Crippen LogP) is 2.27. The first-order valence-electron chi connectivity index (χ1n) is 10.6. The van der Waals surface area contributed by atoms with Gasteiger partial charge in [0.1, 0.15) is 11.8 Å². The summed E-state index contributed by atoms with van der Waals surface area (Å²) in [6, 6.07) is 7.96. The Balaban J connectivity index is 2.03. The summed E-state index contributed by atoms with van der Waals surface area (Å²) in [5, 5.41) is 36.9. The van der Waals surface area contributed by atoms with Gasteiger partial charge in [-0.2, -0.15) is 0 Å². The summed E-state index contributed by atoms with van der Waals surface area (Å²) in [5.74, 6) is -2.48. The molecular weight excluding hydrogens is 485 g/mol. The molecule has 0 saturated heterocycles. The number of aromatic hydroxyl groups is 1. The molecule has 2 aromatic carbocycles. The minimum absolute atomic E-state index is 0.0205. The molecule has 0 aliphatic heterocycles. The highest BCUT2D eigenvalue weighted by molar-refractivity contribution is 6.39. The van der Waals surface area contributed by atoms with E-state index in [4.69, 9.17) is 23.2 Å². The second-order valence-electron chi connectivity index (χ2n) is 7.53. The average molecular weight is 512 g/mol. The van der Waals surface area contributed by atoms with E-state index in [9.17, 15) is 29.7 Å². The number of aliphatic hydroxyl groups excluding tert-OH is 1. The molecule has 2 aromatic rings. The summed E-state index contributed by atoms with van der Waals surface area (Å²) in [5.41, 5.74) is 1.13. The molecule has 6 N–H and O–H groups in total. The molecule has 1 unspecified atom stereocenters. The van der Waals surface area contributed by atoms with Crippen LogP contribution in [0.1, 0.15) is 40.9 Å². The Hall–Kier alpha value is -2.85. The SMILES string of the molecule is CCNCC(=O)NC[C@H](NC(=O)c1c(Cl)cc(CCC(O)c2cccc(O)c2)cc1Cl)C(=O)O. The second kappa shape index (κ2) is 13.1. The molecular formula is C23H27Cl2N3O6. The van der Waals surface area contributed by atoms with E-state index < -0.39 is 29.9 Å². The number of carboxylic acid groups (broad SMARTS) is 1. The lowest BCUT2D eigenvalue weighted by Crippen LogP contribution is -2.49. The van der Waals surface area contributed by atoms with Crippen molar-refractivity contribution in [2.24, 2.45) is 0 Å². The van der Waals surface area contributed by atoms with Gasteiger partial charge in [-0.15, -0.1) is 0 Å². The summed E-state index contributed by atoms with van der Waals surface area (Å²) in [4.78, 5) is 35.9. The second-order valence-corrected chi connectivity index (χ2v) is 8.35. The summed E-state index contributed by atoms with van der Waals surface area (Å²) < 4.78 is 0. The number of aryl methyl sites for hydroxylation is 1.